The van der Waals surface area contributed by atoms with E-state index in [9.17, 15) is 9.90 Å². The van der Waals surface area contributed by atoms with Crippen LogP contribution in [-0.2, 0) is 0 Å². The Morgan fingerprint density at radius 3 is 2.72 bits per heavy atom. The second-order valence-electron chi connectivity index (χ2n) is 5.70. The Hall–Kier alpha value is -1.55. The van der Waals surface area contributed by atoms with Crippen LogP contribution in [0.4, 0.5) is 10.5 Å². The fraction of sp³-hybridized carbons (Fsp3) is 0.500. The number of para-hydroxylation sites is 1. The Bertz CT molecular complexity index is 451. The minimum absolute atomic E-state index is 0.109. The quantitative estimate of drug-likeness (QED) is 0.741. The van der Waals surface area contributed by atoms with E-state index >= 15 is 0 Å². The van der Waals surface area contributed by atoms with Gasteiger partial charge in [0.2, 0.25) is 0 Å². The number of rotatable bonds is 0. The number of benzene rings is 1. The van der Waals surface area contributed by atoms with Gasteiger partial charge in [-0.2, -0.15) is 0 Å². The fourth-order valence-corrected chi connectivity index (χ4v) is 2.14. The zero-order valence-electron chi connectivity index (χ0n) is 11.1. The van der Waals surface area contributed by atoms with Crippen LogP contribution in [0.5, 0.6) is 0 Å². The molecule has 1 aromatic carbocycles. The predicted molar refractivity (Wildman–Crippen MR) is 71.6 cm³/mol. The normalized spacial score (nSPS) is 19.3. The molecule has 2 rings (SSSR count). The number of aliphatic hydroxyl groups excluding tert-OH is 1. The number of nitrogens with zero attached hydrogens (tertiary/aromatic N) is 1. The lowest BCUT2D eigenvalue weighted by Crippen LogP contribution is -2.50. The third-order valence-corrected chi connectivity index (χ3v) is 2.94. The summed E-state index contributed by atoms with van der Waals surface area (Å²) in [5.74, 6) is 0. The van der Waals surface area contributed by atoms with Crippen LogP contribution in [0, 0.1) is 0 Å². The largest absolute Gasteiger partial charge is 0.388 e. The topological polar surface area (TPSA) is 52.6 Å². The van der Waals surface area contributed by atoms with E-state index in [1.54, 1.807) is 4.90 Å². The molecule has 1 unspecified atom stereocenters. The summed E-state index contributed by atoms with van der Waals surface area (Å²) in [6.07, 6.45) is 0.106. The maximum Gasteiger partial charge on any atom is 0.322 e. The van der Waals surface area contributed by atoms with Crippen molar-refractivity contribution in [3.63, 3.8) is 0 Å². The minimum Gasteiger partial charge on any atom is -0.388 e. The summed E-state index contributed by atoms with van der Waals surface area (Å²) in [7, 11) is 0. The van der Waals surface area contributed by atoms with Gasteiger partial charge >= 0.3 is 6.03 Å². The molecule has 0 bridgehead atoms. The van der Waals surface area contributed by atoms with Gasteiger partial charge in [0, 0.05) is 17.6 Å². The van der Waals surface area contributed by atoms with Gasteiger partial charge in [0.05, 0.1) is 11.8 Å². The SMILES string of the molecule is CC(C)(C)NC(=O)N1CCC(O)c2ccccc21. The van der Waals surface area contributed by atoms with E-state index in [1.165, 1.54) is 0 Å². The van der Waals surface area contributed by atoms with Crippen LogP contribution in [0.15, 0.2) is 24.3 Å². The molecular formula is C14H20N2O2. The predicted octanol–water partition coefficient (Wildman–Crippen LogP) is 2.44. The second-order valence-corrected chi connectivity index (χ2v) is 5.70. The zero-order chi connectivity index (χ0) is 13.3. The number of urea groups is 1. The number of fused-ring (bicyclic) bond motifs is 1. The van der Waals surface area contributed by atoms with Crippen molar-refractivity contribution < 1.29 is 9.90 Å². The van der Waals surface area contributed by atoms with Crippen molar-refractivity contribution in [3.8, 4) is 0 Å². The first-order valence-corrected chi connectivity index (χ1v) is 6.25. The molecule has 4 nitrogen and oxygen atoms in total. The molecule has 1 atom stereocenters. The maximum atomic E-state index is 12.2. The summed E-state index contributed by atoms with van der Waals surface area (Å²) in [6.45, 7) is 6.40. The van der Waals surface area contributed by atoms with Gasteiger partial charge in [-0.3, -0.25) is 4.90 Å². The Morgan fingerprint density at radius 1 is 1.39 bits per heavy atom. The van der Waals surface area contributed by atoms with Gasteiger partial charge in [-0.25, -0.2) is 4.79 Å². The smallest absolute Gasteiger partial charge is 0.322 e. The van der Waals surface area contributed by atoms with Crippen molar-refractivity contribution in [2.24, 2.45) is 0 Å². The third-order valence-electron chi connectivity index (χ3n) is 2.94. The molecule has 1 heterocycles. The summed E-state index contributed by atoms with van der Waals surface area (Å²) in [6, 6.07) is 7.40. The number of nitrogens with one attached hydrogen (secondary N) is 1. The number of anilines is 1. The van der Waals surface area contributed by atoms with Crippen molar-refractivity contribution in [2.75, 3.05) is 11.4 Å². The number of hydrogen-bond acceptors (Lipinski definition) is 2. The van der Waals surface area contributed by atoms with Crippen molar-refractivity contribution in [2.45, 2.75) is 38.8 Å². The van der Waals surface area contributed by atoms with E-state index in [4.69, 9.17) is 0 Å². The van der Waals surface area contributed by atoms with Gasteiger partial charge in [-0.15, -0.1) is 0 Å². The Labute approximate surface area is 108 Å². The first-order valence-electron chi connectivity index (χ1n) is 6.25. The van der Waals surface area contributed by atoms with Crippen LogP contribution in [0.25, 0.3) is 0 Å². The molecule has 0 spiro atoms. The van der Waals surface area contributed by atoms with Crippen LogP contribution in [0.1, 0.15) is 38.9 Å². The molecule has 98 valence electrons. The lowest BCUT2D eigenvalue weighted by atomic mass is 9.99. The highest BCUT2D eigenvalue weighted by atomic mass is 16.3. The Morgan fingerprint density at radius 2 is 2.06 bits per heavy atom. The van der Waals surface area contributed by atoms with Crippen molar-refractivity contribution >= 4 is 11.7 Å². The van der Waals surface area contributed by atoms with E-state index in [0.717, 1.165) is 11.3 Å². The van der Waals surface area contributed by atoms with Crippen molar-refractivity contribution in [1.29, 1.82) is 0 Å². The van der Waals surface area contributed by atoms with Crippen molar-refractivity contribution in [1.82, 2.24) is 5.32 Å². The molecule has 0 saturated carbocycles. The van der Waals surface area contributed by atoms with Gasteiger partial charge in [0.25, 0.3) is 0 Å². The van der Waals surface area contributed by atoms with E-state index in [0.29, 0.717) is 13.0 Å². The standard InChI is InChI=1S/C14H20N2O2/c1-14(2,3)15-13(18)16-9-8-12(17)10-6-4-5-7-11(10)16/h4-7,12,17H,8-9H2,1-3H3,(H,15,18). The number of carbonyl (C=O) groups is 1. The molecule has 0 aromatic heterocycles. The van der Waals surface area contributed by atoms with E-state index in [-0.39, 0.29) is 11.6 Å². The summed E-state index contributed by atoms with van der Waals surface area (Å²) >= 11 is 0. The van der Waals surface area contributed by atoms with Gasteiger partial charge in [0.15, 0.2) is 0 Å². The first-order chi connectivity index (χ1) is 8.38. The molecule has 1 aliphatic rings. The summed E-state index contributed by atoms with van der Waals surface area (Å²) in [5, 5.41) is 12.9. The van der Waals surface area contributed by atoms with E-state index in [2.05, 4.69) is 5.32 Å². The lowest BCUT2D eigenvalue weighted by Gasteiger charge is -2.34. The fourth-order valence-electron chi connectivity index (χ4n) is 2.14. The molecule has 0 radical (unpaired) electrons. The maximum absolute atomic E-state index is 12.2. The number of aliphatic hydroxyl groups is 1. The molecule has 4 heteroatoms. The monoisotopic (exact) mass is 248 g/mol. The first kappa shape index (κ1) is 12.9. The number of carbonyl (C=O) groups excluding carboxylic acids is 1. The van der Waals surface area contributed by atoms with Crippen LogP contribution in [-0.4, -0.2) is 23.2 Å². The third kappa shape index (κ3) is 2.64. The Kier molecular flexibility index (Phi) is 3.30. The molecule has 1 aliphatic heterocycles. The summed E-state index contributed by atoms with van der Waals surface area (Å²) in [5.41, 5.74) is 1.37. The highest BCUT2D eigenvalue weighted by Gasteiger charge is 2.28. The van der Waals surface area contributed by atoms with E-state index in [1.807, 2.05) is 45.0 Å². The van der Waals surface area contributed by atoms with E-state index < -0.39 is 6.10 Å². The molecule has 18 heavy (non-hydrogen) atoms. The summed E-state index contributed by atoms with van der Waals surface area (Å²) in [4.78, 5) is 13.9. The van der Waals surface area contributed by atoms with Gasteiger partial charge in [-0.1, -0.05) is 18.2 Å². The van der Waals surface area contributed by atoms with Gasteiger partial charge < -0.3 is 10.4 Å². The van der Waals surface area contributed by atoms with Gasteiger partial charge in [-0.05, 0) is 33.3 Å². The van der Waals surface area contributed by atoms with Gasteiger partial charge in [0.1, 0.15) is 0 Å². The molecular weight excluding hydrogens is 228 g/mol. The molecule has 1 aromatic rings. The molecule has 2 amide bonds. The average Bonchev–Trinajstić information content (AvgIpc) is 2.27. The Balaban J connectivity index is 2.26. The number of amides is 2. The molecule has 0 aliphatic carbocycles. The summed E-state index contributed by atoms with van der Waals surface area (Å²) < 4.78 is 0. The minimum atomic E-state index is -0.472. The average molecular weight is 248 g/mol. The van der Waals surface area contributed by atoms with Crippen LogP contribution in [0.2, 0.25) is 0 Å². The van der Waals surface area contributed by atoms with Crippen LogP contribution >= 0.6 is 0 Å². The van der Waals surface area contributed by atoms with Crippen LogP contribution in [0.3, 0.4) is 0 Å². The molecule has 0 fully saturated rings. The van der Waals surface area contributed by atoms with Crippen molar-refractivity contribution in [3.05, 3.63) is 29.8 Å². The number of hydrogen-bond donors (Lipinski definition) is 2. The highest BCUT2D eigenvalue weighted by Crippen LogP contribution is 2.33. The zero-order valence-corrected chi connectivity index (χ0v) is 11.1. The lowest BCUT2D eigenvalue weighted by molar-refractivity contribution is 0.164. The van der Waals surface area contributed by atoms with Crippen LogP contribution < -0.4 is 10.2 Å². The molecule has 2 N–H and O–H groups in total. The highest BCUT2D eigenvalue weighted by molar-refractivity contribution is 5.93. The second kappa shape index (κ2) is 4.61. The molecule has 0 saturated heterocycles.